The van der Waals surface area contributed by atoms with Crippen LogP contribution in [-0.2, 0) is 9.84 Å². The maximum absolute atomic E-state index is 13.2. The molecule has 0 saturated heterocycles. The van der Waals surface area contributed by atoms with E-state index in [1.165, 1.54) is 0 Å². The summed E-state index contributed by atoms with van der Waals surface area (Å²) in [6.07, 6.45) is 2.98. The van der Waals surface area contributed by atoms with Gasteiger partial charge < -0.3 is 10.5 Å². The van der Waals surface area contributed by atoms with Crippen LogP contribution in [0.15, 0.2) is 35.5 Å². The Balaban J connectivity index is 2.32. The van der Waals surface area contributed by atoms with Crippen molar-refractivity contribution in [1.82, 2.24) is 14.4 Å². The normalized spacial score (nSPS) is 12.7. The fourth-order valence-corrected chi connectivity index (χ4v) is 4.23. The van der Waals surface area contributed by atoms with Gasteiger partial charge in [0.15, 0.2) is 9.84 Å². The van der Waals surface area contributed by atoms with Crippen molar-refractivity contribution in [2.45, 2.75) is 50.4 Å². The van der Waals surface area contributed by atoms with Gasteiger partial charge in [-0.05, 0) is 46.8 Å². The van der Waals surface area contributed by atoms with Crippen LogP contribution >= 0.6 is 11.6 Å². The molecule has 0 atom stereocenters. The van der Waals surface area contributed by atoms with Crippen LogP contribution < -0.4 is 10.5 Å². The highest BCUT2D eigenvalue weighted by Gasteiger charge is 2.34. The first kappa shape index (κ1) is 20.4. The van der Waals surface area contributed by atoms with Crippen molar-refractivity contribution in [2.24, 2.45) is 0 Å². The summed E-state index contributed by atoms with van der Waals surface area (Å²) in [4.78, 5) is 8.45. The Morgan fingerprint density at radius 1 is 1.21 bits per heavy atom. The molecule has 3 rings (SSSR count). The van der Waals surface area contributed by atoms with Gasteiger partial charge in [0.2, 0.25) is 0 Å². The third kappa shape index (κ3) is 3.66. The molecule has 0 aliphatic carbocycles. The van der Waals surface area contributed by atoms with E-state index in [1.807, 2.05) is 13.8 Å². The van der Waals surface area contributed by atoms with Gasteiger partial charge in [-0.1, -0.05) is 11.6 Å². The van der Waals surface area contributed by atoms with Crippen LogP contribution in [0.1, 0.15) is 34.6 Å². The molecule has 3 heterocycles. The second-order valence-electron chi connectivity index (χ2n) is 7.76. The van der Waals surface area contributed by atoms with Gasteiger partial charge in [0, 0.05) is 17.8 Å². The van der Waals surface area contributed by atoms with E-state index in [4.69, 9.17) is 22.1 Å². The van der Waals surface area contributed by atoms with E-state index in [1.54, 1.807) is 55.8 Å². The minimum Gasteiger partial charge on any atom is -0.489 e. The lowest BCUT2D eigenvalue weighted by atomic mass is 10.2. The smallest absolute Gasteiger partial charge is 0.188 e. The molecule has 0 spiro atoms. The van der Waals surface area contributed by atoms with Crippen molar-refractivity contribution < 1.29 is 13.2 Å². The Labute approximate surface area is 169 Å². The van der Waals surface area contributed by atoms with Gasteiger partial charge in [-0.3, -0.25) is 4.40 Å². The maximum atomic E-state index is 13.2. The fraction of sp³-hybridized carbons (Fsp3) is 0.368. The summed E-state index contributed by atoms with van der Waals surface area (Å²) in [6.45, 7) is 8.66. The molecule has 3 aromatic heterocycles. The molecule has 0 radical (unpaired) electrons. The number of ether oxygens (including phenoxy) is 1. The largest absolute Gasteiger partial charge is 0.489 e. The van der Waals surface area contributed by atoms with Crippen LogP contribution in [0.25, 0.3) is 16.9 Å². The topological polar surface area (TPSA) is 99.6 Å². The van der Waals surface area contributed by atoms with Gasteiger partial charge in [0.1, 0.15) is 27.3 Å². The van der Waals surface area contributed by atoms with Crippen molar-refractivity contribution in [3.05, 3.63) is 35.7 Å². The van der Waals surface area contributed by atoms with Crippen LogP contribution in [0, 0.1) is 0 Å². The molecule has 7 nitrogen and oxygen atoms in total. The average molecular weight is 423 g/mol. The number of anilines is 1. The predicted molar refractivity (Wildman–Crippen MR) is 111 cm³/mol. The SMILES string of the molecule is CC(C)Oc1cc2ncc(-c3cc(N)nc(Cl)c3)n2cc1S(=O)(=O)C(C)(C)C. The van der Waals surface area contributed by atoms with E-state index in [0.29, 0.717) is 16.9 Å². The zero-order valence-electron chi connectivity index (χ0n) is 16.4. The summed E-state index contributed by atoms with van der Waals surface area (Å²) in [5.41, 5.74) is 7.68. The van der Waals surface area contributed by atoms with E-state index in [9.17, 15) is 8.42 Å². The van der Waals surface area contributed by atoms with Crippen molar-refractivity contribution >= 4 is 32.9 Å². The summed E-state index contributed by atoms with van der Waals surface area (Å²) in [5, 5.41) is 0.243. The summed E-state index contributed by atoms with van der Waals surface area (Å²) in [7, 11) is -3.67. The van der Waals surface area contributed by atoms with Gasteiger partial charge in [-0.25, -0.2) is 18.4 Å². The van der Waals surface area contributed by atoms with Crippen LogP contribution in [0.4, 0.5) is 5.82 Å². The molecule has 0 unspecified atom stereocenters. The van der Waals surface area contributed by atoms with Crippen molar-refractivity contribution in [3.8, 4) is 17.0 Å². The highest BCUT2D eigenvalue weighted by Crippen LogP contribution is 2.35. The van der Waals surface area contributed by atoms with Gasteiger partial charge in [-0.2, -0.15) is 0 Å². The fourth-order valence-electron chi connectivity index (χ4n) is 2.74. The third-order valence-corrected chi connectivity index (χ3v) is 6.83. The number of hydrogen-bond acceptors (Lipinski definition) is 6. The number of halogens is 1. The van der Waals surface area contributed by atoms with Gasteiger partial charge in [-0.15, -0.1) is 0 Å². The molecule has 150 valence electrons. The van der Waals surface area contributed by atoms with Crippen LogP contribution in [0.2, 0.25) is 5.15 Å². The second kappa shape index (κ2) is 6.93. The number of hydrogen-bond donors (Lipinski definition) is 1. The van der Waals surface area contributed by atoms with E-state index in [-0.39, 0.29) is 27.7 Å². The maximum Gasteiger partial charge on any atom is 0.188 e. The van der Waals surface area contributed by atoms with E-state index in [2.05, 4.69) is 9.97 Å². The lowest BCUT2D eigenvalue weighted by Crippen LogP contribution is -2.29. The number of fused-ring (bicyclic) bond motifs is 1. The highest BCUT2D eigenvalue weighted by atomic mass is 35.5. The first-order chi connectivity index (χ1) is 12.9. The van der Waals surface area contributed by atoms with E-state index >= 15 is 0 Å². The lowest BCUT2D eigenvalue weighted by Gasteiger charge is -2.22. The second-order valence-corrected chi connectivity index (χ2v) is 10.8. The minimum absolute atomic E-state index is 0.105. The van der Waals surface area contributed by atoms with Crippen molar-refractivity contribution in [1.29, 1.82) is 0 Å². The number of nitrogens with two attached hydrogens (primary N) is 1. The Hall–Kier alpha value is -2.32. The number of nitrogen functional groups attached to an aromatic ring is 1. The van der Waals surface area contributed by atoms with Crippen LogP contribution in [0.3, 0.4) is 0 Å². The van der Waals surface area contributed by atoms with Crippen molar-refractivity contribution in [2.75, 3.05) is 5.73 Å². The quantitative estimate of drug-likeness (QED) is 0.638. The number of pyridine rings is 2. The summed E-state index contributed by atoms with van der Waals surface area (Å²) in [5.74, 6) is 0.543. The number of aromatic nitrogens is 3. The molecule has 0 saturated carbocycles. The van der Waals surface area contributed by atoms with E-state index < -0.39 is 14.6 Å². The molecular weight excluding hydrogens is 400 g/mol. The zero-order valence-corrected chi connectivity index (χ0v) is 18.0. The standard InChI is InChI=1S/C19H23ClN4O3S/c1-11(2)27-14-8-18-22-9-13(12-6-16(20)23-17(21)7-12)24(18)10-15(14)28(25,26)19(3,4)5/h6-11H,1-5H3,(H2,21,23). The minimum atomic E-state index is -3.67. The average Bonchev–Trinajstić information content (AvgIpc) is 2.94. The molecule has 0 bridgehead atoms. The lowest BCUT2D eigenvalue weighted by molar-refractivity contribution is 0.235. The van der Waals surface area contributed by atoms with E-state index in [0.717, 1.165) is 0 Å². The number of nitrogens with zero attached hydrogens (tertiary/aromatic N) is 3. The molecule has 28 heavy (non-hydrogen) atoms. The van der Waals surface area contributed by atoms with Gasteiger partial charge in [0.05, 0.1) is 22.7 Å². The summed E-state index contributed by atoms with van der Waals surface area (Å²) in [6, 6.07) is 4.94. The Morgan fingerprint density at radius 2 is 1.89 bits per heavy atom. The molecule has 0 aromatic carbocycles. The molecule has 0 fully saturated rings. The molecule has 2 N–H and O–H groups in total. The van der Waals surface area contributed by atoms with Gasteiger partial charge in [0.25, 0.3) is 0 Å². The Morgan fingerprint density at radius 3 is 2.46 bits per heavy atom. The molecule has 0 amide bonds. The molecule has 9 heteroatoms. The van der Waals surface area contributed by atoms with Crippen LogP contribution in [0.5, 0.6) is 5.75 Å². The molecule has 0 aliphatic heterocycles. The third-order valence-electron chi connectivity index (χ3n) is 4.14. The molecule has 0 aliphatic rings. The highest BCUT2D eigenvalue weighted by molar-refractivity contribution is 7.92. The first-order valence-corrected chi connectivity index (χ1v) is 10.6. The molecule has 3 aromatic rings. The summed E-state index contributed by atoms with van der Waals surface area (Å²) >= 11 is 6.03. The number of rotatable bonds is 4. The van der Waals surface area contributed by atoms with Crippen LogP contribution in [-0.4, -0.2) is 33.6 Å². The first-order valence-electron chi connectivity index (χ1n) is 8.76. The summed E-state index contributed by atoms with van der Waals surface area (Å²) < 4.78 is 32.9. The Bertz CT molecular complexity index is 1130. The predicted octanol–water partition coefficient (Wildman–Crippen LogP) is 3.99. The number of imidazole rings is 1. The zero-order chi connectivity index (χ0) is 20.9. The van der Waals surface area contributed by atoms with Gasteiger partial charge >= 0.3 is 0 Å². The van der Waals surface area contributed by atoms with Crippen molar-refractivity contribution in [3.63, 3.8) is 0 Å². The monoisotopic (exact) mass is 422 g/mol. The Kier molecular flexibility index (Phi) is 5.05. The number of sulfone groups is 1. The molecular formula is C19H23ClN4O3S.